The highest BCUT2D eigenvalue weighted by atomic mass is 35.5. The zero-order valence-electron chi connectivity index (χ0n) is 15.0. The number of halogens is 1. The van der Waals surface area contributed by atoms with E-state index in [-0.39, 0.29) is 5.91 Å². The predicted molar refractivity (Wildman–Crippen MR) is 104 cm³/mol. The van der Waals surface area contributed by atoms with Crippen molar-refractivity contribution < 1.29 is 14.3 Å². The van der Waals surface area contributed by atoms with Crippen LogP contribution in [0.2, 0.25) is 5.02 Å². The van der Waals surface area contributed by atoms with Gasteiger partial charge in [0, 0.05) is 23.9 Å². The fourth-order valence-corrected chi connectivity index (χ4v) is 3.37. The molecule has 1 aliphatic rings. The van der Waals surface area contributed by atoms with Gasteiger partial charge in [-0.15, -0.1) is 0 Å². The lowest BCUT2D eigenvalue weighted by Gasteiger charge is -2.36. The molecule has 0 bridgehead atoms. The van der Waals surface area contributed by atoms with E-state index in [1.54, 1.807) is 0 Å². The van der Waals surface area contributed by atoms with Crippen LogP contribution in [-0.4, -0.2) is 25.7 Å². The minimum Gasteiger partial charge on any atom is -0.494 e. The summed E-state index contributed by atoms with van der Waals surface area (Å²) in [6, 6.07) is 15.1. The second-order valence-corrected chi connectivity index (χ2v) is 6.96. The number of carbonyl (C=O) groups excluding carboxylic acids is 1. The maximum atomic E-state index is 13.2. The molecule has 5 heteroatoms. The molecular formula is C21H24ClNO3. The second-order valence-electron chi connectivity index (χ2n) is 6.53. The zero-order valence-corrected chi connectivity index (χ0v) is 15.7. The topological polar surface area (TPSA) is 47.6 Å². The fraction of sp³-hybridized carbons (Fsp3) is 0.381. The predicted octanol–water partition coefficient (Wildman–Crippen LogP) is 4.82. The maximum Gasteiger partial charge on any atom is 0.235 e. The Morgan fingerprint density at radius 2 is 1.77 bits per heavy atom. The normalized spacial score (nSPS) is 16.1. The van der Waals surface area contributed by atoms with E-state index in [1.165, 1.54) is 0 Å². The van der Waals surface area contributed by atoms with Crippen molar-refractivity contribution in [3.63, 3.8) is 0 Å². The number of carbonyl (C=O) groups is 1. The molecule has 2 aromatic carbocycles. The number of benzene rings is 2. The van der Waals surface area contributed by atoms with Crippen molar-refractivity contribution in [2.45, 2.75) is 31.6 Å². The number of nitrogens with one attached hydrogen (secondary N) is 1. The van der Waals surface area contributed by atoms with Gasteiger partial charge >= 0.3 is 0 Å². The Labute approximate surface area is 159 Å². The molecule has 0 saturated carbocycles. The van der Waals surface area contributed by atoms with Gasteiger partial charge in [0.2, 0.25) is 5.91 Å². The van der Waals surface area contributed by atoms with Crippen LogP contribution in [0.25, 0.3) is 0 Å². The molecule has 0 radical (unpaired) electrons. The first-order chi connectivity index (χ1) is 12.6. The summed E-state index contributed by atoms with van der Waals surface area (Å²) in [4.78, 5) is 13.2. The van der Waals surface area contributed by atoms with E-state index >= 15 is 0 Å². The van der Waals surface area contributed by atoms with E-state index in [0.29, 0.717) is 37.7 Å². The fourth-order valence-electron chi connectivity index (χ4n) is 3.24. The zero-order chi connectivity index (χ0) is 18.4. The number of hydrogen-bond donors (Lipinski definition) is 1. The van der Waals surface area contributed by atoms with Crippen LogP contribution in [-0.2, 0) is 14.9 Å². The summed E-state index contributed by atoms with van der Waals surface area (Å²) in [7, 11) is 0. The minimum absolute atomic E-state index is 0.00894. The first-order valence-corrected chi connectivity index (χ1v) is 9.40. The molecule has 1 fully saturated rings. The van der Waals surface area contributed by atoms with Gasteiger partial charge in [0.25, 0.3) is 0 Å². The smallest absolute Gasteiger partial charge is 0.235 e. The van der Waals surface area contributed by atoms with Crippen molar-refractivity contribution in [2.24, 2.45) is 0 Å². The second kappa shape index (κ2) is 8.56. The highest BCUT2D eigenvalue weighted by molar-refractivity contribution is 6.30. The van der Waals surface area contributed by atoms with Crippen molar-refractivity contribution in [2.75, 3.05) is 25.1 Å². The lowest BCUT2D eigenvalue weighted by molar-refractivity contribution is -0.125. The summed E-state index contributed by atoms with van der Waals surface area (Å²) in [6.45, 7) is 3.89. The summed E-state index contributed by atoms with van der Waals surface area (Å²) in [6.07, 6.45) is 2.26. The first kappa shape index (κ1) is 18.7. The average Bonchev–Trinajstić information content (AvgIpc) is 2.68. The molecule has 1 N–H and O–H groups in total. The first-order valence-electron chi connectivity index (χ1n) is 9.02. The van der Waals surface area contributed by atoms with E-state index in [4.69, 9.17) is 21.1 Å². The molecule has 0 spiro atoms. The molecule has 1 amide bonds. The van der Waals surface area contributed by atoms with E-state index in [2.05, 4.69) is 12.2 Å². The Balaban J connectivity index is 1.78. The molecule has 1 aliphatic heterocycles. The largest absolute Gasteiger partial charge is 0.494 e. The molecule has 138 valence electrons. The highest BCUT2D eigenvalue weighted by Gasteiger charge is 2.41. The molecule has 3 rings (SSSR count). The standard InChI is InChI=1S/C21H24ClNO3/c1-2-13-26-19-9-7-18(8-10-19)23-20(24)21(11-14-25-15-12-21)16-3-5-17(22)6-4-16/h3-10H,2,11-15H2,1H3,(H,23,24). The Hall–Kier alpha value is -2.04. The third-order valence-electron chi connectivity index (χ3n) is 4.76. The van der Waals surface area contributed by atoms with Gasteiger partial charge in [-0.3, -0.25) is 4.79 Å². The summed E-state index contributed by atoms with van der Waals surface area (Å²) >= 11 is 6.02. The lowest BCUT2D eigenvalue weighted by atomic mass is 9.73. The molecule has 2 aromatic rings. The van der Waals surface area contributed by atoms with Crippen molar-refractivity contribution in [3.8, 4) is 5.75 Å². The Morgan fingerprint density at radius 1 is 1.12 bits per heavy atom. The SMILES string of the molecule is CCCOc1ccc(NC(=O)C2(c3ccc(Cl)cc3)CCOCC2)cc1. The van der Waals surface area contributed by atoms with Crippen LogP contribution in [0.15, 0.2) is 48.5 Å². The van der Waals surface area contributed by atoms with Gasteiger partial charge in [0.15, 0.2) is 0 Å². The van der Waals surface area contributed by atoms with Crippen LogP contribution >= 0.6 is 11.6 Å². The maximum absolute atomic E-state index is 13.2. The molecule has 0 aromatic heterocycles. The molecule has 0 atom stereocenters. The van der Waals surface area contributed by atoms with Crippen molar-refractivity contribution in [1.29, 1.82) is 0 Å². The quantitative estimate of drug-likeness (QED) is 0.789. The van der Waals surface area contributed by atoms with E-state index in [0.717, 1.165) is 23.4 Å². The van der Waals surface area contributed by atoms with Crippen LogP contribution in [0.3, 0.4) is 0 Å². The van der Waals surface area contributed by atoms with E-state index < -0.39 is 5.41 Å². The number of hydrogen-bond acceptors (Lipinski definition) is 3. The Bertz CT molecular complexity index is 722. The Morgan fingerprint density at radius 3 is 2.38 bits per heavy atom. The monoisotopic (exact) mass is 373 g/mol. The molecule has 4 nitrogen and oxygen atoms in total. The Kier molecular flexibility index (Phi) is 6.17. The minimum atomic E-state index is -0.597. The van der Waals surface area contributed by atoms with Crippen LogP contribution in [0.5, 0.6) is 5.75 Å². The van der Waals surface area contributed by atoms with Crippen LogP contribution < -0.4 is 10.1 Å². The van der Waals surface area contributed by atoms with E-state index in [1.807, 2.05) is 48.5 Å². The molecule has 0 unspecified atom stereocenters. The summed E-state index contributed by atoms with van der Waals surface area (Å²) in [5, 5.41) is 3.73. The van der Waals surface area contributed by atoms with Crippen LogP contribution in [0, 0.1) is 0 Å². The van der Waals surface area contributed by atoms with Gasteiger partial charge in [-0.05, 0) is 61.2 Å². The van der Waals surface area contributed by atoms with Gasteiger partial charge in [0.1, 0.15) is 5.75 Å². The highest BCUT2D eigenvalue weighted by Crippen LogP contribution is 2.36. The summed E-state index contributed by atoms with van der Waals surface area (Å²) in [5.74, 6) is 0.800. The number of amides is 1. The molecule has 1 saturated heterocycles. The third-order valence-corrected chi connectivity index (χ3v) is 5.01. The number of anilines is 1. The molecular weight excluding hydrogens is 350 g/mol. The van der Waals surface area contributed by atoms with Gasteiger partial charge in [-0.25, -0.2) is 0 Å². The van der Waals surface area contributed by atoms with Crippen molar-refractivity contribution in [3.05, 3.63) is 59.1 Å². The van der Waals surface area contributed by atoms with E-state index in [9.17, 15) is 4.79 Å². The summed E-state index contributed by atoms with van der Waals surface area (Å²) < 4.78 is 11.1. The molecule has 1 heterocycles. The summed E-state index contributed by atoms with van der Waals surface area (Å²) in [5.41, 5.74) is 1.14. The van der Waals surface area contributed by atoms with Crippen molar-refractivity contribution in [1.82, 2.24) is 0 Å². The van der Waals surface area contributed by atoms with Gasteiger partial charge in [-0.2, -0.15) is 0 Å². The molecule has 26 heavy (non-hydrogen) atoms. The van der Waals surface area contributed by atoms with Gasteiger partial charge < -0.3 is 14.8 Å². The van der Waals surface area contributed by atoms with Crippen molar-refractivity contribution >= 4 is 23.2 Å². The van der Waals surface area contributed by atoms with Gasteiger partial charge in [-0.1, -0.05) is 30.7 Å². The molecule has 0 aliphatic carbocycles. The van der Waals surface area contributed by atoms with Crippen LogP contribution in [0.1, 0.15) is 31.7 Å². The number of rotatable bonds is 6. The van der Waals surface area contributed by atoms with Gasteiger partial charge in [0.05, 0.1) is 12.0 Å². The lowest BCUT2D eigenvalue weighted by Crippen LogP contribution is -2.44. The number of ether oxygens (including phenoxy) is 2. The van der Waals surface area contributed by atoms with Crippen LogP contribution in [0.4, 0.5) is 5.69 Å². The average molecular weight is 374 g/mol. The third kappa shape index (κ3) is 4.19.